The second kappa shape index (κ2) is 7.51. The summed E-state index contributed by atoms with van der Waals surface area (Å²) in [5.74, 6) is 0.798. The third-order valence-electron chi connectivity index (χ3n) is 5.74. The molecule has 27 heavy (non-hydrogen) atoms. The molecule has 3 rings (SSSR count). The molecular weight excluding hydrogens is 336 g/mol. The van der Waals surface area contributed by atoms with E-state index in [1.165, 1.54) is 5.57 Å². The topological polar surface area (TPSA) is 60.7 Å². The Labute approximate surface area is 161 Å². The van der Waals surface area contributed by atoms with E-state index in [0.717, 1.165) is 24.0 Å². The van der Waals surface area contributed by atoms with E-state index in [9.17, 15) is 15.3 Å². The van der Waals surface area contributed by atoms with Crippen LogP contribution in [0, 0.1) is 11.3 Å². The highest BCUT2D eigenvalue weighted by molar-refractivity contribution is 5.71. The maximum atomic E-state index is 10.5. The first-order valence-electron chi connectivity index (χ1n) is 9.45. The van der Waals surface area contributed by atoms with Crippen LogP contribution in [0.2, 0.25) is 0 Å². The zero-order valence-electron chi connectivity index (χ0n) is 16.2. The Bertz CT molecular complexity index is 850. The van der Waals surface area contributed by atoms with Crippen LogP contribution < -0.4 is 0 Å². The molecule has 0 aliphatic heterocycles. The van der Waals surface area contributed by atoms with Crippen molar-refractivity contribution in [2.24, 2.45) is 11.3 Å². The summed E-state index contributed by atoms with van der Waals surface area (Å²) in [5, 5.41) is 30.4. The monoisotopic (exact) mass is 364 g/mol. The SMILES string of the molecule is CC1=CCCC(C)(C)[C@@H]1Cc1c(O)cc(/C=C/c2ccc(O)cc2)cc1O. The van der Waals surface area contributed by atoms with Gasteiger partial charge in [-0.15, -0.1) is 0 Å². The first-order chi connectivity index (χ1) is 12.8. The van der Waals surface area contributed by atoms with Crippen LogP contribution >= 0.6 is 0 Å². The molecule has 0 spiro atoms. The lowest BCUT2D eigenvalue weighted by molar-refractivity contribution is 0.211. The van der Waals surface area contributed by atoms with Crippen LogP contribution in [0.15, 0.2) is 48.0 Å². The summed E-state index contributed by atoms with van der Waals surface area (Å²) >= 11 is 0. The molecule has 1 aliphatic carbocycles. The maximum Gasteiger partial charge on any atom is 0.123 e. The molecule has 2 aromatic carbocycles. The summed E-state index contributed by atoms with van der Waals surface area (Å²) < 4.78 is 0. The van der Waals surface area contributed by atoms with Gasteiger partial charge in [-0.05, 0) is 72.9 Å². The van der Waals surface area contributed by atoms with Crippen molar-refractivity contribution < 1.29 is 15.3 Å². The highest BCUT2D eigenvalue weighted by Crippen LogP contribution is 2.45. The predicted octanol–water partition coefficient (Wildman–Crippen LogP) is 5.90. The number of phenols is 3. The predicted molar refractivity (Wildman–Crippen MR) is 111 cm³/mol. The maximum absolute atomic E-state index is 10.5. The number of allylic oxidation sites excluding steroid dienone is 2. The quantitative estimate of drug-likeness (QED) is 0.468. The lowest BCUT2D eigenvalue weighted by Gasteiger charge is -2.38. The van der Waals surface area contributed by atoms with Crippen LogP contribution in [0.1, 0.15) is 50.3 Å². The van der Waals surface area contributed by atoms with Gasteiger partial charge in [0.1, 0.15) is 17.2 Å². The van der Waals surface area contributed by atoms with Gasteiger partial charge in [-0.1, -0.05) is 49.8 Å². The molecule has 0 unspecified atom stereocenters. The van der Waals surface area contributed by atoms with Crippen molar-refractivity contribution in [3.63, 3.8) is 0 Å². The van der Waals surface area contributed by atoms with Crippen molar-refractivity contribution in [1.82, 2.24) is 0 Å². The van der Waals surface area contributed by atoms with E-state index >= 15 is 0 Å². The Morgan fingerprint density at radius 2 is 1.56 bits per heavy atom. The lowest BCUT2D eigenvalue weighted by atomic mass is 9.66. The molecule has 0 aromatic heterocycles. The molecule has 0 radical (unpaired) electrons. The zero-order chi connectivity index (χ0) is 19.6. The molecule has 0 bridgehead atoms. The number of hydrogen-bond donors (Lipinski definition) is 3. The van der Waals surface area contributed by atoms with Gasteiger partial charge in [0.15, 0.2) is 0 Å². The van der Waals surface area contributed by atoms with Gasteiger partial charge in [0, 0.05) is 5.56 Å². The highest BCUT2D eigenvalue weighted by atomic mass is 16.3. The summed E-state index contributed by atoms with van der Waals surface area (Å²) in [6.45, 7) is 6.67. The average Bonchev–Trinajstić information content (AvgIpc) is 2.59. The standard InChI is InChI=1S/C24H28O3/c1-16-5-4-12-24(2,3)21(16)15-20-22(26)13-18(14-23(20)27)7-6-17-8-10-19(25)11-9-17/h5-11,13-14,21,25-27H,4,12,15H2,1-3H3/b7-6+/t21-/m1/s1. The Kier molecular flexibility index (Phi) is 5.31. The Morgan fingerprint density at radius 1 is 0.963 bits per heavy atom. The number of aromatic hydroxyl groups is 3. The van der Waals surface area contributed by atoms with Crippen molar-refractivity contribution >= 4 is 12.2 Å². The fourth-order valence-electron chi connectivity index (χ4n) is 3.99. The third kappa shape index (κ3) is 4.36. The molecule has 0 saturated carbocycles. The first-order valence-corrected chi connectivity index (χ1v) is 9.45. The zero-order valence-corrected chi connectivity index (χ0v) is 16.2. The van der Waals surface area contributed by atoms with Crippen molar-refractivity contribution in [2.45, 2.75) is 40.0 Å². The minimum atomic E-state index is 0.134. The van der Waals surface area contributed by atoms with E-state index in [1.807, 2.05) is 12.2 Å². The van der Waals surface area contributed by atoms with E-state index in [2.05, 4.69) is 26.8 Å². The van der Waals surface area contributed by atoms with Gasteiger partial charge in [0.2, 0.25) is 0 Å². The summed E-state index contributed by atoms with van der Waals surface area (Å²) in [4.78, 5) is 0. The molecule has 0 saturated heterocycles. The van der Waals surface area contributed by atoms with Crippen LogP contribution in [0.3, 0.4) is 0 Å². The number of benzene rings is 2. The second-order valence-corrected chi connectivity index (χ2v) is 8.19. The lowest BCUT2D eigenvalue weighted by Crippen LogP contribution is -2.29. The minimum Gasteiger partial charge on any atom is -0.508 e. The molecule has 3 nitrogen and oxygen atoms in total. The van der Waals surface area contributed by atoms with Crippen molar-refractivity contribution in [3.8, 4) is 17.2 Å². The number of rotatable bonds is 4. The van der Waals surface area contributed by atoms with Gasteiger partial charge in [-0.25, -0.2) is 0 Å². The minimum absolute atomic E-state index is 0.134. The Hall–Kier alpha value is -2.68. The largest absolute Gasteiger partial charge is 0.508 e. The van der Waals surface area contributed by atoms with E-state index in [1.54, 1.807) is 36.4 Å². The van der Waals surface area contributed by atoms with Gasteiger partial charge >= 0.3 is 0 Å². The van der Waals surface area contributed by atoms with Gasteiger partial charge in [0.25, 0.3) is 0 Å². The smallest absolute Gasteiger partial charge is 0.123 e. The third-order valence-corrected chi connectivity index (χ3v) is 5.74. The summed E-state index contributed by atoms with van der Waals surface area (Å²) in [6.07, 6.45) is 8.84. The van der Waals surface area contributed by atoms with E-state index in [4.69, 9.17) is 0 Å². The molecule has 3 N–H and O–H groups in total. The van der Waals surface area contributed by atoms with Crippen LogP contribution in [0.5, 0.6) is 17.2 Å². The molecule has 0 fully saturated rings. The fourth-order valence-corrected chi connectivity index (χ4v) is 3.99. The van der Waals surface area contributed by atoms with Crippen LogP contribution in [0.25, 0.3) is 12.2 Å². The van der Waals surface area contributed by atoms with E-state index < -0.39 is 0 Å². The molecular formula is C24H28O3. The van der Waals surface area contributed by atoms with E-state index in [-0.39, 0.29) is 22.7 Å². The molecule has 1 aliphatic rings. The molecule has 0 amide bonds. The van der Waals surface area contributed by atoms with Crippen LogP contribution in [-0.2, 0) is 6.42 Å². The first kappa shape index (κ1) is 19.1. The molecule has 2 aromatic rings. The summed E-state index contributed by atoms with van der Waals surface area (Å²) in [5.41, 5.74) is 3.76. The Balaban J connectivity index is 1.83. The van der Waals surface area contributed by atoms with Crippen LogP contribution in [-0.4, -0.2) is 15.3 Å². The van der Waals surface area contributed by atoms with Crippen LogP contribution in [0.4, 0.5) is 0 Å². The van der Waals surface area contributed by atoms with Crippen molar-refractivity contribution in [3.05, 3.63) is 64.7 Å². The summed E-state index contributed by atoms with van der Waals surface area (Å²) in [7, 11) is 0. The molecule has 142 valence electrons. The van der Waals surface area contributed by atoms with Gasteiger partial charge in [-0.2, -0.15) is 0 Å². The second-order valence-electron chi connectivity index (χ2n) is 8.19. The normalized spacial score (nSPS) is 19.2. The van der Waals surface area contributed by atoms with Gasteiger partial charge < -0.3 is 15.3 Å². The number of hydrogen-bond acceptors (Lipinski definition) is 3. The van der Waals surface area contributed by atoms with Gasteiger partial charge in [0.05, 0.1) is 0 Å². The average molecular weight is 364 g/mol. The van der Waals surface area contributed by atoms with Gasteiger partial charge in [-0.3, -0.25) is 0 Å². The van der Waals surface area contributed by atoms with Crippen molar-refractivity contribution in [1.29, 1.82) is 0 Å². The number of phenolic OH excluding ortho intramolecular Hbond substituents is 3. The van der Waals surface area contributed by atoms with E-state index in [0.29, 0.717) is 17.9 Å². The Morgan fingerprint density at radius 3 is 2.15 bits per heavy atom. The molecule has 3 heteroatoms. The molecule has 1 atom stereocenters. The molecule has 0 heterocycles. The summed E-state index contributed by atoms with van der Waals surface area (Å²) in [6, 6.07) is 10.3. The highest BCUT2D eigenvalue weighted by Gasteiger charge is 2.33. The fraction of sp³-hybridized carbons (Fsp3) is 0.333. The van der Waals surface area contributed by atoms with Crippen molar-refractivity contribution in [2.75, 3.05) is 0 Å².